The second kappa shape index (κ2) is 5.82. The van der Waals surface area contributed by atoms with Gasteiger partial charge in [-0.15, -0.1) is 6.58 Å². The van der Waals surface area contributed by atoms with E-state index >= 15 is 0 Å². The topological polar surface area (TPSA) is 46.9 Å². The molecule has 0 saturated heterocycles. The summed E-state index contributed by atoms with van der Waals surface area (Å²) < 4.78 is 2.14. The van der Waals surface area contributed by atoms with Crippen LogP contribution in [0.3, 0.4) is 0 Å². The number of hydrogen-bond acceptors (Lipinski definition) is 3. The van der Waals surface area contributed by atoms with Gasteiger partial charge < -0.3 is 5.32 Å². The second-order valence-electron chi connectivity index (χ2n) is 3.10. The standard InChI is InChI=1S/C10H14BrN3O/c1-3-4-12-5-6-14-8(2)13-7-9(11)10(14)15/h3,7,12H,1,4-6H2,2H3. The largest absolute Gasteiger partial charge is 0.312 e. The molecule has 1 N–H and O–H groups in total. The average Bonchev–Trinajstić information content (AvgIpc) is 2.23. The number of aromatic nitrogens is 2. The zero-order valence-electron chi connectivity index (χ0n) is 8.66. The highest BCUT2D eigenvalue weighted by Crippen LogP contribution is 2.00. The molecule has 0 radical (unpaired) electrons. The zero-order chi connectivity index (χ0) is 11.3. The van der Waals surface area contributed by atoms with Crippen LogP contribution in [0.15, 0.2) is 28.1 Å². The first-order chi connectivity index (χ1) is 7.16. The van der Waals surface area contributed by atoms with Crippen LogP contribution in [0, 0.1) is 6.92 Å². The molecule has 82 valence electrons. The summed E-state index contributed by atoms with van der Waals surface area (Å²) in [5, 5.41) is 3.14. The maximum Gasteiger partial charge on any atom is 0.267 e. The lowest BCUT2D eigenvalue weighted by Crippen LogP contribution is -2.29. The Morgan fingerprint density at radius 3 is 3.13 bits per heavy atom. The number of aryl methyl sites for hydroxylation is 1. The molecule has 0 aliphatic heterocycles. The number of nitrogens with one attached hydrogen (secondary N) is 1. The van der Waals surface area contributed by atoms with Crippen molar-refractivity contribution in [2.45, 2.75) is 13.5 Å². The lowest BCUT2D eigenvalue weighted by Gasteiger charge is -2.09. The lowest BCUT2D eigenvalue weighted by atomic mass is 10.5. The van der Waals surface area contributed by atoms with E-state index in [2.05, 4.69) is 32.8 Å². The van der Waals surface area contributed by atoms with Gasteiger partial charge in [0, 0.05) is 25.8 Å². The third-order valence-corrected chi connectivity index (χ3v) is 2.55. The molecular formula is C10H14BrN3O. The van der Waals surface area contributed by atoms with Crippen molar-refractivity contribution in [1.82, 2.24) is 14.9 Å². The quantitative estimate of drug-likeness (QED) is 0.644. The first-order valence-electron chi connectivity index (χ1n) is 4.70. The van der Waals surface area contributed by atoms with Crippen LogP contribution in [0.4, 0.5) is 0 Å². The van der Waals surface area contributed by atoms with Crippen molar-refractivity contribution in [2.24, 2.45) is 0 Å². The SMILES string of the molecule is C=CCNCCn1c(C)ncc(Br)c1=O. The van der Waals surface area contributed by atoms with E-state index in [1.165, 1.54) is 6.20 Å². The van der Waals surface area contributed by atoms with E-state index in [9.17, 15) is 4.79 Å². The molecule has 1 rings (SSSR count). The van der Waals surface area contributed by atoms with Crippen molar-refractivity contribution in [3.8, 4) is 0 Å². The molecule has 0 aliphatic rings. The third-order valence-electron chi connectivity index (χ3n) is 2.01. The fourth-order valence-corrected chi connectivity index (χ4v) is 1.53. The molecular weight excluding hydrogens is 258 g/mol. The summed E-state index contributed by atoms with van der Waals surface area (Å²) >= 11 is 3.17. The summed E-state index contributed by atoms with van der Waals surface area (Å²) in [7, 11) is 0. The van der Waals surface area contributed by atoms with Crippen LogP contribution >= 0.6 is 15.9 Å². The molecule has 0 atom stereocenters. The van der Waals surface area contributed by atoms with Gasteiger partial charge >= 0.3 is 0 Å². The van der Waals surface area contributed by atoms with Gasteiger partial charge in [0.05, 0.1) is 0 Å². The maximum absolute atomic E-state index is 11.7. The molecule has 0 bridgehead atoms. The van der Waals surface area contributed by atoms with E-state index in [0.717, 1.165) is 18.9 Å². The Bertz CT molecular complexity index is 400. The van der Waals surface area contributed by atoms with E-state index in [1.54, 1.807) is 10.6 Å². The van der Waals surface area contributed by atoms with Gasteiger partial charge in [-0.1, -0.05) is 6.08 Å². The molecule has 5 heteroatoms. The predicted octanol–water partition coefficient (Wildman–Crippen LogP) is 1.09. The highest BCUT2D eigenvalue weighted by Gasteiger charge is 2.03. The van der Waals surface area contributed by atoms with Crippen LogP contribution < -0.4 is 10.9 Å². The summed E-state index contributed by atoms with van der Waals surface area (Å²) in [6, 6.07) is 0. The summed E-state index contributed by atoms with van der Waals surface area (Å²) in [6.45, 7) is 7.51. The van der Waals surface area contributed by atoms with E-state index < -0.39 is 0 Å². The van der Waals surface area contributed by atoms with Gasteiger partial charge in [0.15, 0.2) is 0 Å². The van der Waals surface area contributed by atoms with Crippen LogP contribution in [0.2, 0.25) is 0 Å². The van der Waals surface area contributed by atoms with Crippen molar-refractivity contribution in [3.05, 3.63) is 39.5 Å². The van der Waals surface area contributed by atoms with Crippen molar-refractivity contribution >= 4 is 15.9 Å². The highest BCUT2D eigenvalue weighted by molar-refractivity contribution is 9.10. The third kappa shape index (κ3) is 3.28. The predicted molar refractivity (Wildman–Crippen MR) is 64.0 cm³/mol. The number of halogens is 1. The molecule has 0 unspecified atom stereocenters. The average molecular weight is 272 g/mol. The molecule has 0 saturated carbocycles. The molecule has 0 spiro atoms. The van der Waals surface area contributed by atoms with Crippen molar-refractivity contribution in [3.63, 3.8) is 0 Å². The van der Waals surface area contributed by atoms with Gasteiger partial charge in [0.25, 0.3) is 5.56 Å². The van der Waals surface area contributed by atoms with Crippen molar-refractivity contribution in [1.29, 1.82) is 0 Å². The molecule has 1 aromatic heterocycles. The Morgan fingerprint density at radius 2 is 2.47 bits per heavy atom. The van der Waals surface area contributed by atoms with Crippen LogP contribution in [0.5, 0.6) is 0 Å². The van der Waals surface area contributed by atoms with E-state index in [4.69, 9.17) is 0 Å². The summed E-state index contributed by atoms with van der Waals surface area (Å²) in [4.78, 5) is 15.8. The molecule has 4 nitrogen and oxygen atoms in total. The Balaban J connectivity index is 2.72. The van der Waals surface area contributed by atoms with E-state index in [-0.39, 0.29) is 5.56 Å². The summed E-state index contributed by atoms with van der Waals surface area (Å²) in [5.74, 6) is 0.726. The Hall–Kier alpha value is -0.940. The maximum atomic E-state index is 11.7. The monoisotopic (exact) mass is 271 g/mol. The smallest absolute Gasteiger partial charge is 0.267 e. The Morgan fingerprint density at radius 1 is 1.73 bits per heavy atom. The Kier molecular flexibility index (Phi) is 4.71. The fraction of sp³-hybridized carbons (Fsp3) is 0.400. The summed E-state index contributed by atoms with van der Waals surface area (Å²) in [6.07, 6.45) is 3.32. The molecule has 1 aromatic rings. The first kappa shape index (κ1) is 12.1. The first-order valence-corrected chi connectivity index (χ1v) is 5.49. The molecule has 1 heterocycles. The lowest BCUT2D eigenvalue weighted by molar-refractivity contribution is 0.583. The van der Waals surface area contributed by atoms with Crippen molar-refractivity contribution in [2.75, 3.05) is 13.1 Å². The van der Waals surface area contributed by atoms with Gasteiger partial charge in [-0.3, -0.25) is 9.36 Å². The van der Waals surface area contributed by atoms with Gasteiger partial charge in [-0.05, 0) is 22.9 Å². The van der Waals surface area contributed by atoms with Crippen LogP contribution in [-0.4, -0.2) is 22.6 Å². The molecule has 0 aliphatic carbocycles. The van der Waals surface area contributed by atoms with Crippen molar-refractivity contribution < 1.29 is 0 Å². The Labute approximate surface area is 97.2 Å². The van der Waals surface area contributed by atoms with Gasteiger partial charge in [0.2, 0.25) is 0 Å². The van der Waals surface area contributed by atoms with E-state index in [0.29, 0.717) is 11.0 Å². The molecule has 15 heavy (non-hydrogen) atoms. The van der Waals surface area contributed by atoms with Gasteiger partial charge in [-0.2, -0.15) is 0 Å². The molecule has 0 amide bonds. The number of nitrogens with zero attached hydrogens (tertiary/aromatic N) is 2. The highest BCUT2D eigenvalue weighted by atomic mass is 79.9. The number of hydrogen-bond donors (Lipinski definition) is 1. The van der Waals surface area contributed by atoms with Crippen LogP contribution in [0.1, 0.15) is 5.82 Å². The summed E-state index contributed by atoms with van der Waals surface area (Å²) in [5.41, 5.74) is -0.0390. The minimum atomic E-state index is -0.0390. The minimum Gasteiger partial charge on any atom is -0.312 e. The number of rotatable bonds is 5. The fourth-order valence-electron chi connectivity index (χ4n) is 1.21. The molecule has 0 aromatic carbocycles. The van der Waals surface area contributed by atoms with Gasteiger partial charge in [0.1, 0.15) is 10.3 Å². The molecule has 0 fully saturated rings. The zero-order valence-corrected chi connectivity index (χ0v) is 10.2. The van der Waals surface area contributed by atoms with Crippen LogP contribution in [0.25, 0.3) is 0 Å². The van der Waals surface area contributed by atoms with Crippen LogP contribution in [-0.2, 0) is 6.54 Å². The van der Waals surface area contributed by atoms with Gasteiger partial charge in [-0.25, -0.2) is 4.98 Å². The van der Waals surface area contributed by atoms with E-state index in [1.807, 2.05) is 6.92 Å². The minimum absolute atomic E-state index is 0.0390. The second-order valence-corrected chi connectivity index (χ2v) is 3.96. The normalized spacial score (nSPS) is 10.3.